The normalized spacial score (nSPS) is 13.8. The Hall–Kier alpha value is -3.83. The summed E-state index contributed by atoms with van der Waals surface area (Å²) >= 11 is 5.99. The van der Waals surface area contributed by atoms with Crippen molar-refractivity contribution in [2.45, 2.75) is 0 Å². The number of benzene rings is 2. The van der Waals surface area contributed by atoms with E-state index >= 15 is 0 Å². The first-order valence-electron chi connectivity index (χ1n) is 9.72. The van der Waals surface area contributed by atoms with Gasteiger partial charge in [-0.05, 0) is 23.8 Å². The third kappa shape index (κ3) is 5.65. The SMILES string of the molecule is O=[N+]([O-])c1cccc(Nc2nc(NN=Cc3cccc(Cl)c3)nc(N3CCOCC3)n2)c1. The van der Waals surface area contributed by atoms with Crippen molar-refractivity contribution in [3.63, 3.8) is 0 Å². The van der Waals surface area contributed by atoms with Gasteiger partial charge in [-0.3, -0.25) is 10.1 Å². The van der Waals surface area contributed by atoms with Crippen molar-refractivity contribution in [3.05, 3.63) is 69.2 Å². The fourth-order valence-corrected chi connectivity index (χ4v) is 3.15. The minimum atomic E-state index is -0.463. The Labute approximate surface area is 188 Å². The van der Waals surface area contributed by atoms with E-state index in [2.05, 4.69) is 30.8 Å². The first-order chi connectivity index (χ1) is 15.6. The van der Waals surface area contributed by atoms with Crippen molar-refractivity contribution in [2.75, 3.05) is 41.9 Å². The molecule has 1 aliphatic rings. The van der Waals surface area contributed by atoms with Crippen LogP contribution in [0.3, 0.4) is 0 Å². The molecule has 0 spiro atoms. The molecule has 2 aromatic carbocycles. The molecule has 1 saturated heterocycles. The molecule has 0 atom stereocenters. The van der Waals surface area contributed by atoms with Crippen LogP contribution >= 0.6 is 11.6 Å². The number of non-ortho nitro benzene ring substituents is 1. The average Bonchev–Trinajstić information content (AvgIpc) is 2.80. The summed E-state index contributed by atoms with van der Waals surface area (Å²) in [5.74, 6) is 0.881. The lowest BCUT2D eigenvalue weighted by atomic mass is 10.2. The highest BCUT2D eigenvalue weighted by Gasteiger charge is 2.17. The zero-order valence-electron chi connectivity index (χ0n) is 16.8. The second-order valence-corrected chi connectivity index (χ2v) is 7.18. The van der Waals surface area contributed by atoms with Crippen LogP contribution in [-0.4, -0.2) is 52.4 Å². The van der Waals surface area contributed by atoms with Gasteiger partial charge in [-0.2, -0.15) is 20.1 Å². The highest BCUT2D eigenvalue weighted by atomic mass is 35.5. The summed E-state index contributed by atoms with van der Waals surface area (Å²) in [7, 11) is 0. The summed E-state index contributed by atoms with van der Waals surface area (Å²) in [5, 5.41) is 18.8. The zero-order valence-corrected chi connectivity index (χ0v) is 17.6. The molecule has 32 heavy (non-hydrogen) atoms. The number of rotatable bonds is 7. The maximum Gasteiger partial charge on any atom is 0.271 e. The van der Waals surface area contributed by atoms with Crippen molar-refractivity contribution >= 4 is 47.0 Å². The maximum atomic E-state index is 11.1. The topological polar surface area (TPSA) is 131 Å². The summed E-state index contributed by atoms with van der Waals surface area (Å²) in [6.07, 6.45) is 1.59. The number of hydrazone groups is 1. The number of aromatic nitrogens is 3. The molecule has 3 aromatic rings. The number of ether oxygens (including phenoxy) is 1. The predicted molar refractivity (Wildman–Crippen MR) is 122 cm³/mol. The quantitative estimate of drug-likeness (QED) is 0.313. The number of nitrogens with one attached hydrogen (secondary N) is 2. The van der Waals surface area contributed by atoms with Crippen LogP contribution in [0.15, 0.2) is 53.6 Å². The molecule has 12 heteroatoms. The van der Waals surface area contributed by atoms with E-state index in [0.717, 1.165) is 5.56 Å². The molecular weight excluding hydrogens is 436 g/mol. The molecular formula is C20H19ClN8O3. The Bertz CT molecular complexity index is 1140. The first-order valence-corrected chi connectivity index (χ1v) is 10.1. The van der Waals surface area contributed by atoms with E-state index in [9.17, 15) is 10.1 Å². The Morgan fingerprint density at radius 2 is 1.88 bits per heavy atom. The number of hydrogen-bond donors (Lipinski definition) is 2. The summed E-state index contributed by atoms with van der Waals surface area (Å²) in [5.41, 5.74) is 4.05. The molecule has 0 aliphatic carbocycles. The van der Waals surface area contributed by atoms with E-state index in [0.29, 0.717) is 43.0 Å². The second kappa shape index (κ2) is 9.98. The third-order valence-corrected chi connectivity index (χ3v) is 4.69. The van der Waals surface area contributed by atoms with Gasteiger partial charge in [0.05, 0.1) is 24.4 Å². The van der Waals surface area contributed by atoms with Crippen LogP contribution in [0, 0.1) is 10.1 Å². The minimum absolute atomic E-state index is 0.0399. The smallest absolute Gasteiger partial charge is 0.271 e. The molecule has 0 unspecified atom stereocenters. The van der Waals surface area contributed by atoms with Crippen molar-refractivity contribution in [3.8, 4) is 0 Å². The molecule has 0 bridgehead atoms. The third-order valence-electron chi connectivity index (χ3n) is 4.46. The molecule has 2 heterocycles. The van der Waals surface area contributed by atoms with Gasteiger partial charge in [0.25, 0.3) is 5.69 Å². The van der Waals surface area contributed by atoms with Gasteiger partial charge in [0.2, 0.25) is 17.8 Å². The molecule has 11 nitrogen and oxygen atoms in total. The lowest BCUT2D eigenvalue weighted by Crippen LogP contribution is -2.37. The lowest BCUT2D eigenvalue weighted by molar-refractivity contribution is -0.384. The van der Waals surface area contributed by atoms with Gasteiger partial charge >= 0.3 is 0 Å². The number of morpholine rings is 1. The van der Waals surface area contributed by atoms with E-state index in [1.54, 1.807) is 30.5 Å². The van der Waals surface area contributed by atoms with Crippen molar-refractivity contribution in [1.29, 1.82) is 0 Å². The Morgan fingerprint density at radius 1 is 1.09 bits per heavy atom. The molecule has 1 aliphatic heterocycles. The molecule has 0 radical (unpaired) electrons. The van der Waals surface area contributed by atoms with Crippen molar-refractivity contribution < 1.29 is 9.66 Å². The number of hydrogen-bond acceptors (Lipinski definition) is 10. The Morgan fingerprint density at radius 3 is 2.66 bits per heavy atom. The van der Waals surface area contributed by atoms with Gasteiger partial charge in [0.15, 0.2) is 0 Å². The maximum absolute atomic E-state index is 11.1. The van der Waals surface area contributed by atoms with E-state index in [-0.39, 0.29) is 17.6 Å². The van der Waals surface area contributed by atoms with Crippen LogP contribution < -0.4 is 15.6 Å². The van der Waals surface area contributed by atoms with Crippen LogP contribution in [0.1, 0.15) is 5.56 Å². The molecule has 0 amide bonds. The summed E-state index contributed by atoms with van der Waals surface area (Å²) < 4.78 is 5.39. The van der Waals surface area contributed by atoms with E-state index in [1.807, 2.05) is 17.0 Å². The molecule has 4 rings (SSSR count). The van der Waals surface area contributed by atoms with Gasteiger partial charge in [-0.25, -0.2) is 5.43 Å². The van der Waals surface area contributed by atoms with Crippen LogP contribution in [0.4, 0.5) is 29.2 Å². The fourth-order valence-electron chi connectivity index (χ4n) is 2.95. The highest BCUT2D eigenvalue weighted by molar-refractivity contribution is 6.30. The highest BCUT2D eigenvalue weighted by Crippen LogP contribution is 2.22. The Balaban J connectivity index is 1.59. The van der Waals surface area contributed by atoms with Crippen molar-refractivity contribution in [2.24, 2.45) is 5.10 Å². The lowest BCUT2D eigenvalue weighted by Gasteiger charge is -2.27. The monoisotopic (exact) mass is 454 g/mol. The molecule has 164 valence electrons. The van der Waals surface area contributed by atoms with Crippen molar-refractivity contribution in [1.82, 2.24) is 15.0 Å². The first kappa shape index (κ1) is 21.4. The molecule has 1 aromatic heterocycles. The van der Waals surface area contributed by atoms with Crippen LogP contribution in [0.5, 0.6) is 0 Å². The van der Waals surface area contributed by atoms with Gasteiger partial charge < -0.3 is 15.0 Å². The van der Waals surface area contributed by atoms with Gasteiger partial charge in [-0.1, -0.05) is 29.8 Å². The van der Waals surface area contributed by atoms with Gasteiger partial charge in [0, 0.05) is 35.9 Å². The second-order valence-electron chi connectivity index (χ2n) is 6.74. The molecule has 2 N–H and O–H groups in total. The summed E-state index contributed by atoms with van der Waals surface area (Å²) in [4.78, 5) is 25.8. The minimum Gasteiger partial charge on any atom is -0.378 e. The standard InChI is InChI=1S/C20H19ClN8O3/c21-15-4-1-3-14(11-15)13-22-27-19-24-18(23-16-5-2-6-17(12-16)29(30)31)25-20(26-19)28-7-9-32-10-8-28/h1-6,11-13H,7-10H2,(H2,23,24,25,26,27). The fraction of sp³-hybridized carbons (Fsp3) is 0.200. The summed E-state index contributed by atoms with van der Waals surface area (Å²) in [6.45, 7) is 2.39. The van der Waals surface area contributed by atoms with Gasteiger partial charge in [-0.15, -0.1) is 0 Å². The average molecular weight is 455 g/mol. The number of nitro benzene ring substituents is 1. The largest absolute Gasteiger partial charge is 0.378 e. The number of halogens is 1. The van der Waals surface area contributed by atoms with Gasteiger partial charge in [0.1, 0.15) is 0 Å². The zero-order chi connectivity index (χ0) is 22.3. The van der Waals surface area contributed by atoms with Crippen LogP contribution in [0.2, 0.25) is 5.02 Å². The molecule has 0 saturated carbocycles. The molecule has 1 fully saturated rings. The summed E-state index contributed by atoms with van der Waals surface area (Å²) in [6, 6.07) is 13.3. The number of anilines is 4. The Kier molecular flexibility index (Phi) is 6.68. The van der Waals surface area contributed by atoms with E-state index in [1.165, 1.54) is 12.1 Å². The van der Waals surface area contributed by atoms with Crippen LogP contribution in [0.25, 0.3) is 0 Å². The van der Waals surface area contributed by atoms with Crippen LogP contribution in [-0.2, 0) is 4.74 Å². The number of nitro groups is 1. The van der Waals surface area contributed by atoms with E-state index in [4.69, 9.17) is 16.3 Å². The van der Waals surface area contributed by atoms with E-state index < -0.39 is 4.92 Å². The predicted octanol–water partition coefficient (Wildman–Crippen LogP) is 3.46. The number of nitrogens with zero attached hydrogens (tertiary/aromatic N) is 6.